The molecule has 86 heavy (non-hydrogen) atoms. The van der Waals surface area contributed by atoms with Crippen molar-refractivity contribution in [1.29, 1.82) is 0 Å². The Morgan fingerprint density at radius 1 is 0.279 bits per heavy atom. The van der Waals surface area contributed by atoms with Gasteiger partial charge in [0.2, 0.25) is 0 Å². The van der Waals surface area contributed by atoms with E-state index < -0.39 is 97.5 Å². The lowest BCUT2D eigenvalue weighted by atomic mass is 10.0. The highest BCUT2D eigenvalue weighted by Crippen LogP contribution is 2.45. The van der Waals surface area contributed by atoms with Crippen LogP contribution in [0.15, 0.2) is 0 Å². The zero-order chi connectivity index (χ0) is 63.3. The van der Waals surface area contributed by atoms with Gasteiger partial charge >= 0.3 is 39.5 Å². The van der Waals surface area contributed by atoms with Gasteiger partial charge in [-0.05, 0) is 25.7 Å². The van der Waals surface area contributed by atoms with E-state index in [0.29, 0.717) is 25.7 Å². The lowest BCUT2D eigenvalue weighted by molar-refractivity contribution is -0.161. The number of phosphoric acid groups is 2. The minimum Gasteiger partial charge on any atom is -0.462 e. The molecule has 0 aliphatic carbocycles. The third kappa shape index (κ3) is 60.9. The van der Waals surface area contributed by atoms with Crippen molar-refractivity contribution >= 4 is 39.5 Å². The summed E-state index contributed by atoms with van der Waals surface area (Å²) in [6, 6.07) is 0. The first-order valence-corrected chi connectivity index (χ1v) is 38.3. The maximum absolute atomic E-state index is 13.0. The van der Waals surface area contributed by atoms with Gasteiger partial charge in [0.05, 0.1) is 26.4 Å². The fourth-order valence-electron chi connectivity index (χ4n) is 10.2. The number of ether oxygens (including phenoxy) is 4. The Morgan fingerprint density at radius 3 is 0.686 bits per heavy atom. The fraction of sp³-hybridized carbons (Fsp3) is 0.940. The molecule has 17 nitrogen and oxygen atoms in total. The largest absolute Gasteiger partial charge is 0.472 e. The maximum atomic E-state index is 13.0. The zero-order valence-electron chi connectivity index (χ0n) is 55.3. The molecule has 3 N–H and O–H groups in total. The van der Waals surface area contributed by atoms with E-state index in [2.05, 4.69) is 27.7 Å². The summed E-state index contributed by atoms with van der Waals surface area (Å²) >= 11 is 0. The van der Waals surface area contributed by atoms with Crippen LogP contribution < -0.4 is 0 Å². The van der Waals surface area contributed by atoms with Crippen molar-refractivity contribution in [1.82, 2.24) is 0 Å². The van der Waals surface area contributed by atoms with Gasteiger partial charge in [-0.25, -0.2) is 9.13 Å². The molecule has 0 saturated carbocycles. The first-order valence-electron chi connectivity index (χ1n) is 35.3. The lowest BCUT2D eigenvalue weighted by Crippen LogP contribution is -2.30. The highest BCUT2D eigenvalue weighted by Gasteiger charge is 2.30. The van der Waals surface area contributed by atoms with Crippen molar-refractivity contribution in [3.05, 3.63) is 0 Å². The minimum atomic E-state index is -4.94. The number of aliphatic hydroxyl groups is 1. The summed E-state index contributed by atoms with van der Waals surface area (Å²) in [4.78, 5) is 72.0. The van der Waals surface area contributed by atoms with E-state index in [1.165, 1.54) is 173 Å². The van der Waals surface area contributed by atoms with Gasteiger partial charge in [-0.2, -0.15) is 0 Å². The van der Waals surface area contributed by atoms with Crippen molar-refractivity contribution in [2.45, 2.75) is 367 Å². The number of aliphatic hydroxyl groups excluding tert-OH is 1. The van der Waals surface area contributed by atoms with Crippen molar-refractivity contribution in [3.63, 3.8) is 0 Å². The van der Waals surface area contributed by atoms with Crippen LogP contribution in [0.25, 0.3) is 0 Å². The molecule has 0 bridgehead atoms. The van der Waals surface area contributed by atoms with Gasteiger partial charge in [0.15, 0.2) is 12.2 Å². The molecule has 0 saturated heterocycles. The molecule has 19 heteroatoms. The molecule has 2 unspecified atom stereocenters. The van der Waals surface area contributed by atoms with Crippen LogP contribution in [-0.2, 0) is 65.4 Å². The Balaban J connectivity index is 5.04. The molecule has 0 aromatic carbocycles. The third-order valence-corrected chi connectivity index (χ3v) is 17.5. The second kappa shape index (κ2) is 61.9. The van der Waals surface area contributed by atoms with E-state index in [0.717, 1.165) is 96.3 Å². The molecule has 0 aliphatic heterocycles. The molecule has 0 aliphatic rings. The second-order valence-corrected chi connectivity index (χ2v) is 27.1. The summed E-state index contributed by atoms with van der Waals surface area (Å²) in [7, 11) is -9.88. The molecule has 510 valence electrons. The van der Waals surface area contributed by atoms with E-state index in [9.17, 15) is 43.2 Å². The van der Waals surface area contributed by atoms with E-state index in [4.69, 9.17) is 37.0 Å². The van der Waals surface area contributed by atoms with Gasteiger partial charge in [-0.3, -0.25) is 37.3 Å². The highest BCUT2D eigenvalue weighted by atomic mass is 31.2. The maximum Gasteiger partial charge on any atom is 0.472 e. The number of unbranched alkanes of at least 4 members (excludes halogenated alkanes) is 42. The predicted molar refractivity (Wildman–Crippen MR) is 345 cm³/mol. The van der Waals surface area contributed by atoms with Crippen LogP contribution in [0.1, 0.15) is 349 Å². The van der Waals surface area contributed by atoms with Crippen molar-refractivity contribution in [2.24, 2.45) is 0 Å². The summed E-state index contributed by atoms with van der Waals surface area (Å²) in [5, 5.41) is 10.5. The predicted octanol–water partition coefficient (Wildman–Crippen LogP) is 19.1. The molecule has 0 aromatic rings. The van der Waals surface area contributed by atoms with E-state index in [1.54, 1.807) is 0 Å². The third-order valence-electron chi connectivity index (χ3n) is 15.6. The van der Waals surface area contributed by atoms with Crippen molar-refractivity contribution in [3.8, 4) is 0 Å². The van der Waals surface area contributed by atoms with E-state index in [-0.39, 0.29) is 25.7 Å². The Hall–Kier alpha value is -1.94. The molecule has 0 rings (SSSR count). The highest BCUT2D eigenvalue weighted by molar-refractivity contribution is 7.47. The fourth-order valence-corrected chi connectivity index (χ4v) is 11.7. The second-order valence-electron chi connectivity index (χ2n) is 24.2. The van der Waals surface area contributed by atoms with Crippen LogP contribution in [0.2, 0.25) is 0 Å². The molecule has 0 fully saturated rings. The molecular formula is C67H130O17P2. The van der Waals surface area contributed by atoms with Gasteiger partial charge in [-0.15, -0.1) is 0 Å². The number of carbonyl (C=O) groups excluding carboxylic acids is 4. The first-order chi connectivity index (χ1) is 41.7. The van der Waals surface area contributed by atoms with Gasteiger partial charge in [0, 0.05) is 25.7 Å². The quantitative estimate of drug-likeness (QED) is 0.0222. The molecule has 0 spiro atoms. The minimum absolute atomic E-state index is 0.105. The standard InChI is InChI=1S/C67H130O17P2/c1-5-9-13-17-20-23-25-26-27-28-29-30-31-32-33-34-35-36-39-42-46-50-54-67(72)84-63(58-78-65(70)52-48-44-40-38-24-21-18-14-10-6-2)60-82-86(75,76)80-56-61(68)55-79-85(73,74)81-59-62(57-77-64(69)51-47-43-16-12-8-4)83-66(71)53-49-45-41-37-22-19-15-11-7-3/h61-63,68H,5-60H2,1-4H3,(H,73,74)(H,75,76)/t61-,62+,63+/m0/s1. The summed E-state index contributed by atoms with van der Waals surface area (Å²) in [5.41, 5.74) is 0. The number of phosphoric ester groups is 2. The Bertz CT molecular complexity index is 1650. The smallest absolute Gasteiger partial charge is 0.462 e. The van der Waals surface area contributed by atoms with Gasteiger partial charge < -0.3 is 33.8 Å². The van der Waals surface area contributed by atoms with Gasteiger partial charge in [-0.1, -0.05) is 297 Å². The average molecular weight is 1270 g/mol. The number of rotatable bonds is 68. The number of hydrogen-bond acceptors (Lipinski definition) is 15. The van der Waals surface area contributed by atoms with Crippen LogP contribution >= 0.6 is 15.6 Å². The molecule has 0 aromatic heterocycles. The first kappa shape index (κ1) is 84.1. The van der Waals surface area contributed by atoms with Crippen LogP contribution in [0.3, 0.4) is 0 Å². The topological polar surface area (TPSA) is 237 Å². The number of esters is 4. The summed E-state index contributed by atoms with van der Waals surface area (Å²) < 4.78 is 67.8. The Morgan fingerprint density at radius 2 is 0.465 bits per heavy atom. The number of carbonyl (C=O) groups is 4. The average Bonchev–Trinajstić information content (AvgIpc) is 3.65. The van der Waals surface area contributed by atoms with Crippen LogP contribution in [0, 0.1) is 0 Å². The number of hydrogen-bond donors (Lipinski definition) is 3. The molecule has 0 amide bonds. The lowest BCUT2D eigenvalue weighted by Gasteiger charge is -2.21. The van der Waals surface area contributed by atoms with Crippen molar-refractivity contribution < 1.29 is 80.2 Å². The molecule has 5 atom stereocenters. The van der Waals surface area contributed by atoms with Crippen molar-refractivity contribution in [2.75, 3.05) is 39.6 Å². The molecule has 0 radical (unpaired) electrons. The summed E-state index contributed by atoms with van der Waals surface area (Å²) in [6.45, 7) is 4.80. The molecular weight excluding hydrogens is 1140 g/mol. The van der Waals surface area contributed by atoms with Crippen LogP contribution in [0.4, 0.5) is 0 Å². The normalized spacial score (nSPS) is 14.1. The Labute approximate surface area is 524 Å². The summed E-state index contributed by atoms with van der Waals surface area (Å²) in [6.07, 6.45) is 49.2. The van der Waals surface area contributed by atoms with Crippen LogP contribution in [0.5, 0.6) is 0 Å². The van der Waals surface area contributed by atoms with Gasteiger partial charge in [0.25, 0.3) is 0 Å². The van der Waals surface area contributed by atoms with Crippen LogP contribution in [-0.4, -0.2) is 96.7 Å². The SMILES string of the molecule is CCCCCCCCCCCCCCCCCCCCCCCCC(=O)O[C@H](COC(=O)CCCCCCCCCCCC)COP(=O)(O)OC[C@@H](O)COP(=O)(O)OC[C@@H](COC(=O)CCCCCCC)OC(=O)CCCCCCCCCCC. The monoisotopic (exact) mass is 1270 g/mol. The Kier molecular flexibility index (Phi) is 60.5. The zero-order valence-corrected chi connectivity index (χ0v) is 57.1. The summed E-state index contributed by atoms with van der Waals surface area (Å²) in [5.74, 6) is -2.14. The molecule has 0 heterocycles. The van der Waals surface area contributed by atoms with E-state index in [1.807, 2.05) is 0 Å². The van der Waals surface area contributed by atoms with E-state index >= 15 is 0 Å². The van der Waals surface area contributed by atoms with Gasteiger partial charge in [0.1, 0.15) is 19.3 Å².